The van der Waals surface area contributed by atoms with Crippen LogP contribution in [0.4, 0.5) is 8.78 Å². The molecule has 0 fully saturated rings. The van der Waals surface area contributed by atoms with Gasteiger partial charge in [-0.2, -0.15) is 0 Å². The van der Waals surface area contributed by atoms with Crippen LogP contribution < -0.4 is 9.47 Å². The van der Waals surface area contributed by atoms with Crippen LogP contribution in [-0.2, 0) is 12.8 Å². The molecule has 1 atom stereocenters. The summed E-state index contributed by atoms with van der Waals surface area (Å²) in [6, 6.07) is 18.2. The van der Waals surface area contributed by atoms with E-state index in [1.54, 1.807) is 31.4 Å². The maximum atomic E-state index is 15.3. The van der Waals surface area contributed by atoms with E-state index in [4.69, 9.17) is 9.47 Å². The lowest BCUT2D eigenvalue weighted by Crippen LogP contribution is -2.17. The largest absolute Gasteiger partial charge is 0.497 e. The standard InChI is InChI=1S/C26H24F2O2/c1-16-21(17-8-11-20(29-2)12-9-17)15-19-10-13-24(30-3)26(28)25(19)22(16)14-18-6-4-5-7-23(18)27/h4-13,21H,14-15H2,1-3H3. The number of benzene rings is 3. The number of allylic oxidation sites excluding steroid dienone is 2. The monoisotopic (exact) mass is 406 g/mol. The number of ether oxygens (including phenoxy) is 2. The van der Waals surface area contributed by atoms with Crippen LogP contribution in [0.5, 0.6) is 11.5 Å². The van der Waals surface area contributed by atoms with E-state index in [0.717, 1.165) is 28.0 Å². The summed E-state index contributed by atoms with van der Waals surface area (Å²) in [4.78, 5) is 0. The Morgan fingerprint density at radius 3 is 2.30 bits per heavy atom. The number of hydrogen-bond donors (Lipinski definition) is 0. The van der Waals surface area contributed by atoms with Crippen LogP contribution in [0.2, 0.25) is 0 Å². The van der Waals surface area contributed by atoms with Crippen molar-refractivity contribution in [3.63, 3.8) is 0 Å². The average molecular weight is 406 g/mol. The van der Waals surface area contributed by atoms with Crippen LogP contribution in [0.25, 0.3) is 5.57 Å². The van der Waals surface area contributed by atoms with Gasteiger partial charge in [-0.15, -0.1) is 0 Å². The summed E-state index contributed by atoms with van der Waals surface area (Å²) >= 11 is 0. The maximum Gasteiger partial charge on any atom is 0.172 e. The van der Waals surface area contributed by atoms with Gasteiger partial charge in [0.1, 0.15) is 11.6 Å². The van der Waals surface area contributed by atoms with Gasteiger partial charge in [0.15, 0.2) is 11.6 Å². The molecule has 1 aliphatic carbocycles. The average Bonchev–Trinajstić information content (AvgIpc) is 2.77. The Bertz CT molecular complexity index is 1100. The summed E-state index contributed by atoms with van der Waals surface area (Å²) in [7, 11) is 3.10. The molecule has 0 amide bonds. The highest BCUT2D eigenvalue weighted by atomic mass is 19.1. The third-order valence-electron chi connectivity index (χ3n) is 5.98. The van der Waals surface area contributed by atoms with E-state index >= 15 is 4.39 Å². The van der Waals surface area contributed by atoms with Gasteiger partial charge in [-0.25, -0.2) is 8.78 Å². The lowest BCUT2D eigenvalue weighted by Gasteiger charge is -2.30. The van der Waals surface area contributed by atoms with E-state index in [1.807, 2.05) is 37.3 Å². The maximum absolute atomic E-state index is 15.3. The summed E-state index contributed by atoms with van der Waals surface area (Å²) < 4.78 is 40.3. The number of fused-ring (bicyclic) bond motifs is 1. The van der Waals surface area contributed by atoms with Gasteiger partial charge in [0.25, 0.3) is 0 Å². The molecule has 0 saturated carbocycles. The SMILES string of the molecule is COc1ccc(C2Cc3ccc(OC)c(F)c3C(Cc3ccccc3F)=C2C)cc1. The molecule has 4 heteroatoms. The van der Waals surface area contributed by atoms with Gasteiger partial charge in [0.05, 0.1) is 14.2 Å². The topological polar surface area (TPSA) is 18.5 Å². The zero-order chi connectivity index (χ0) is 21.3. The fourth-order valence-electron chi connectivity index (χ4n) is 4.30. The fourth-order valence-corrected chi connectivity index (χ4v) is 4.30. The molecule has 0 heterocycles. The van der Waals surface area contributed by atoms with Crippen molar-refractivity contribution in [2.24, 2.45) is 0 Å². The van der Waals surface area contributed by atoms with E-state index in [-0.39, 0.29) is 23.3 Å². The van der Waals surface area contributed by atoms with Crippen LogP contribution in [0, 0.1) is 11.6 Å². The van der Waals surface area contributed by atoms with E-state index in [9.17, 15) is 4.39 Å². The third-order valence-corrected chi connectivity index (χ3v) is 5.98. The van der Waals surface area contributed by atoms with Crippen LogP contribution in [0.3, 0.4) is 0 Å². The molecule has 3 aromatic carbocycles. The summed E-state index contributed by atoms with van der Waals surface area (Å²) in [5.74, 6) is 0.413. The summed E-state index contributed by atoms with van der Waals surface area (Å²) in [6.45, 7) is 2.02. The van der Waals surface area contributed by atoms with E-state index < -0.39 is 0 Å². The van der Waals surface area contributed by atoms with Crippen molar-refractivity contribution in [3.05, 3.63) is 100 Å². The molecule has 0 spiro atoms. The van der Waals surface area contributed by atoms with Crippen molar-refractivity contribution in [2.45, 2.75) is 25.7 Å². The first-order valence-corrected chi connectivity index (χ1v) is 9.96. The van der Waals surface area contributed by atoms with Crippen molar-refractivity contribution in [1.82, 2.24) is 0 Å². The van der Waals surface area contributed by atoms with Gasteiger partial charge in [-0.05, 0) is 59.9 Å². The van der Waals surface area contributed by atoms with Crippen LogP contribution in [-0.4, -0.2) is 14.2 Å². The van der Waals surface area contributed by atoms with Crippen molar-refractivity contribution in [2.75, 3.05) is 14.2 Å². The van der Waals surface area contributed by atoms with Crippen molar-refractivity contribution in [3.8, 4) is 11.5 Å². The van der Waals surface area contributed by atoms with Crippen molar-refractivity contribution >= 4 is 5.57 Å². The highest BCUT2D eigenvalue weighted by Gasteiger charge is 2.30. The lowest BCUT2D eigenvalue weighted by atomic mass is 9.74. The molecular weight excluding hydrogens is 382 g/mol. The van der Waals surface area contributed by atoms with Crippen molar-refractivity contribution in [1.29, 1.82) is 0 Å². The molecule has 3 aromatic rings. The normalized spacial score (nSPS) is 15.7. The molecule has 1 unspecified atom stereocenters. The third kappa shape index (κ3) is 3.58. The molecule has 0 aromatic heterocycles. The predicted octanol–water partition coefficient (Wildman–Crippen LogP) is 6.34. The molecule has 1 aliphatic rings. The quantitative estimate of drug-likeness (QED) is 0.492. The minimum absolute atomic E-state index is 0.0815. The second kappa shape index (κ2) is 8.31. The van der Waals surface area contributed by atoms with Gasteiger partial charge in [0.2, 0.25) is 0 Å². The Morgan fingerprint density at radius 1 is 0.900 bits per heavy atom. The zero-order valence-electron chi connectivity index (χ0n) is 17.3. The minimum atomic E-state index is -0.381. The van der Waals surface area contributed by atoms with Crippen LogP contribution >= 0.6 is 0 Å². The van der Waals surface area contributed by atoms with E-state index in [2.05, 4.69) is 0 Å². The first kappa shape index (κ1) is 20.1. The molecule has 0 radical (unpaired) electrons. The van der Waals surface area contributed by atoms with Gasteiger partial charge in [0, 0.05) is 17.9 Å². The molecule has 0 bridgehead atoms. The Balaban J connectivity index is 1.86. The highest BCUT2D eigenvalue weighted by Crippen LogP contribution is 2.44. The minimum Gasteiger partial charge on any atom is -0.497 e. The van der Waals surface area contributed by atoms with Gasteiger partial charge >= 0.3 is 0 Å². The van der Waals surface area contributed by atoms with Gasteiger partial charge < -0.3 is 9.47 Å². The summed E-state index contributed by atoms with van der Waals surface area (Å²) in [5, 5.41) is 0. The number of methoxy groups -OCH3 is 2. The first-order valence-electron chi connectivity index (χ1n) is 9.96. The molecule has 2 nitrogen and oxygen atoms in total. The summed E-state index contributed by atoms with van der Waals surface area (Å²) in [5.41, 5.74) is 4.99. The lowest BCUT2D eigenvalue weighted by molar-refractivity contribution is 0.385. The smallest absolute Gasteiger partial charge is 0.172 e. The van der Waals surface area contributed by atoms with Crippen LogP contribution in [0.1, 0.15) is 35.1 Å². The molecule has 0 N–H and O–H groups in total. The Labute approximate surface area is 175 Å². The Kier molecular flexibility index (Phi) is 5.58. The fraction of sp³-hybridized carbons (Fsp3) is 0.231. The molecule has 0 saturated heterocycles. The van der Waals surface area contributed by atoms with Gasteiger partial charge in [-0.3, -0.25) is 0 Å². The highest BCUT2D eigenvalue weighted by molar-refractivity contribution is 5.77. The van der Waals surface area contributed by atoms with Crippen LogP contribution in [0.15, 0.2) is 66.2 Å². The predicted molar refractivity (Wildman–Crippen MR) is 115 cm³/mol. The molecular formula is C26H24F2O2. The number of rotatable bonds is 5. The molecule has 154 valence electrons. The second-order valence-electron chi connectivity index (χ2n) is 7.58. The number of halogens is 2. The van der Waals surface area contributed by atoms with Gasteiger partial charge in [-0.1, -0.05) is 42.0 Å². The molecule has 30 heavy (non-hydrogen) atoms. The molecule has 0 aliphatic heterocycles. The number of hydrogen-bond acceptors (Lipinski definition) is 2. The Hall–Kier alpha value is -3.14. The van der Waals surface area contributed by atoms with E-state index in [1.165, 1.54) is 13.2 Å². The second-order valence-corrected chi connectivity index (χ2v) is 7.58. The van der Waals surface area contributed by atoms with E-state index in [0.29, 0.717) is 24.0 Å². The summed E-state index contributed by atoms with van der Waals surface area (Å²) in [6.07, 6.45) is 0.997. The van der Waals surface area contributed by atoms with Crippen molar-refractivity contribution < 1.29 is 18.3 Å². The zero-order valence-corrected chi connectivity index (χ0v) is 17.3. The Morgan fingerprint density at radius 2 is 1.63 bits per heavy atom. The molecule has 4 rings (SSSR count). The first-order chi connectivity index (χ1) is 14.5.